The van der Waals surface area contributed by atoms with Crippen LogP contribution in [0.2, 0.25) is 0 Å². The van der Waals surface area contributed by atoms with E-state index in [1.54, 1.807) is 7.11 Å². The van der Waals surface area contributed by atoms with Gasteiger partial charge in [-0.1, -0.05) is 42.5 Å². The Morgan fingerprint density at radius 2 is 1.79 bits per heavy atom. The van der Waals surface area contributed by atoms with Gasteiger partial charge in [-0.2, -0.15) is 0 Å². The fraction of sp³-hybridized carbons (Fsp3) is 0.480. The Hall–Kier alpha value is -2.29. The number of hydrogen-bond donors (Lipinski definition) is 1. The lowest BCUT2D eigenvalue weighted by Gasteiger charge is -2.61. The molecule has 0 radical (unpaired) electrons. The van der Waals surface area contributed by atoms with Gasteiger partial charge in [-0.15, -0.1) is 0 Å². The van der Waals surface area contributed by atoms with Crippen molar-refractivity contribution in [2.45, 2.75) is 50.5 Å². The molecule has 3 nitrogen and oxygen atoms in total. The minimum atomic E-state index is -0.182. The molecule has 0 aliphatic heterocycles. The third-order valence-electron chi connectivity index (χ3n) is 7.52. The largest absolute Gasteiger partial charge is 0.497 e. The molecule has 2 aromatic rings. The molecular formula is C25H29NO2. The molecule has 1 amide bonds. The minimum Gasteiger partial charge on any atom is -0.497 e. The van der Waals surface area contributed by atoms with Gasteiger partial charge < -0.3 is 10.1 Å². The van der Waals surface area contributed by atoms with Gasteiger partial charge in [0.15, 0.2) is 0 Å². The Bertz CT molecular complexity index is 861. The molecule has 146 valence electrons. The zero-order valence-corrected chi connectivity index (χ0v) is 16.6. The number of amides is 1. The third-order valence-corrected chi connectivity index (χ3v) is 7.52. The van der Waals surface area contributed by atoms with Gasteiger partial charge in [-0.25, -0.2) is 0 Å². The van der Waals surface area contributed by atoms with Crippen LogP contribution in [0.15, 0.2) is 54.6 Å². The molecule has 2 unspecified atom stereocenters. The van der Waals surface area contributed by atoms with E-state index in [0.717, 1.165) is 30.6 Å². The first kappa shape index (κ1) is 17.8. The fourth-order valence-corrected chi connectivity index (χ4v) is 6.81. The number of nitrogens with one attached hydrogen (secondary N) is 1. The molecule has 2 aromatic carbocycles. The maximum atomic E-state index is 13.5. The maximum Gasteiger partial charge on any atom is 0.226 e. The summed E-state index contributed by atoms with van der Waals surface area (Å²) >= 11 is 0. The third kappa shape index (κ3) is 2.92. The topological polar surface area (TPSA) is 38.3 Å². The molecule has 0 saturated heterocycles. The summed E-state index contributed by atoms with van der Waals surface area (Å²) in [5.41, 5.74) is 2.57. The summed E-state index contributed by atoms with van der Waals surface area (Å²) < 4.78 is 5.31. The number of rotatable bonds is 5. The van der Waals surface area contributed by atoms with Crippen LogP contribution in [-0.4, -0.2) is 13.0 Å². The Kier molecular flexibility index (Phi) is 4.22. The average Bonchev–Trinajstić information content (AvgIpc) is 2.72. The number of benzene rings is 2. The predicted octanol–water partition coefficient (Wildman–Crippen LogP) is 4.85. The molecule has 28 heavy (non-hydrogen) atoms. The van der Waals surface area contributed by atoms with Crippen LogP contribution in [-0.2, 0) is 16.8 Å². The van der Waals surface area contributed by atoms with Crippen molar-refractivity contribution in [3.05, 3.63) is 65.7 Å². The number of carbonyl (C=O) groups excluding carboxylic acids is 1. The first-order valence-electron chi connectivity index (χ1n) is 10.6. The highest BCUT2D eigenvalue weighted by atomic mass is 16.5. The van der Waals surface area contributed by atoms with Crippen molar-refractivity contribution in [3.8, 4) is 5.75 Å². The summed E-state index contributed by atoms with van der Waals surface area (Å²) in [7, 11) is 1.68. The van der Waals surface area contributed by atoms with Gasteiger partial charge >= 0.3 is 0 Å². The Balaban J connectivity index is 1.37. The van der Waals surface area contributed by atoms with Gasteiger partial charge in [0.2, 0.25) is 5.91 Å². The second kappa shape index (κ2) is 6.65. The van der Waals surface area contributed by atoms with E-state index in [2.05, 4.69) is 35.6 Å². The predicted molar refractivity (Wildman–Crippen MR) is 110 cm³/mol. The first-order chi connectivity index (χ1) is 13.6. The van der Waals surface area contributed by atoms with Gasteiger partial charge in [-0.3, -0.25) is 4.79 Å². The molecule has 4 aliphatic rings. The Morgan fingerprint density at radius 3 is 2.50 bits per heavy atom. The lowest BCUT2D eigenvalue weighted by molar-refractivity contribution is -0.149. The van der Waals surface area contributed by atoms with Crippen molar-refractivity contribution >= 4 is 5.91 Å². The second-order valence-electron chi connectivity index (χ2n) is 9.42. The van der Waals surface area contributed by atoms with Crippen molar-refractivity contribution in [1.82, 2.24) is 5.32 Å². The number of methoxy groups -OCH3 is 1. The van der Waals surface area contributed by atoms with E-state index in [-0.39, 0.29) is 16.7 Å². The molecule has 6 rings (SSSR count). The molecule has 0 spiro atoms. The molecule has 2 atom stereocenters. The summed E-state index contributed by atoms with van der Waals surface area (Å²) in [6, 6.07) is 19.0. The van der Waals surface area contributed by atoms with Gasteiger partial charge in [0.25, 0.3) is 0 Å². The molecule has 0 heterocycles. The summed E-state index contributed by atoms with van der Waals surface area (Å²) in [6.07, 6.45) is 7.00. The van der Waals surface area contributed by atoms with Crippen molar-refractivity contribution in [1.29, 1.82) is 0 Å². The number of carbonyl (C=O) groups is 1. The zero-order valence-electron chi connectivity index (χ0n) is 16.6. The summed E-state index contributed by atoms with van der Waals surface area (Å²) in [4.78, 5) is 13.5. The summed E-state index contributed by atoms with van der Waals surface area (Å²) in [6.45, 7) is 0.575. The van der Waals surface area contributed by atoms with Crippen LogP contribution in [0.1, 0.15) is 49.7 Å². The Labute approximate surface area is 167 Å². The standard InChI is InChI=1S/C25H29NO2/c1-28-22-9-5-6-18(11-22)16-26-23(27)25-14-19-10-20(15-25)13-24(12-19,17-25)21-7-3-2-4-8-21/h2-9,11,19-20H,10,12-17H2,1H3,(H,26,27). The van der Waals surface area contributed by atoms with Crippen LogP contribution in [0.25, 0.3) is 0 Å². The van der Waals surface area contributed by atoms with E-state index in [9.17, 15) is 4.79 Å². The average molecular weight is 376 g/mol. The monoisotopic (exact) mass is 375 g/mol. The molecule has 4 saturated carbocycles. The molecule has 1 N–H and O–H groups in total. The van der Waals surface area contributed by atoms with Crippen LogP contribution in [0.3, 0.4) is 0 Å². The van der Waals surface area contributed by atoms with E-state index in [1.807, 2.05) is 24.3 Å². The van der Waals surface area contributed by atoms with Gasteiger partial charge in [-0.05, 0) is 79.0 Å². The van der Waals surface area contributed by atoms with Crippen LogP contribution >= 0.6 is 0 Å². The van der Waals surface area contributed by atoms with Gasteiger partial charge in [0, 0.05) is 6.54 Å². The number of hydrogen-bond acceptors (Lipinski definition) is 2. The van der Waals surface area contributed by atoms with Crippen molar-refractivity contribution in [2.75, 3.05) is 7.11 Å². The smallest absolute Gasteiger partial charge is 0.226 e. The van der Waals surface area contributed by atoms with E-state index < -0.39 is 0 Å². The SMILES string of the molecule is COc1cccc(CNC(=O)C23CC4CC(C2)CC(c2ccccc2)(C4)C3)c1. The molecule has 3 heteroatoms. The highest BCUT2D eigenvalue weighted by molar-refractivity contribution is 5.83. The summed E-state index contributed by atoms with van der Waals surface area (Å²) in [5, 5.41) is 3.28. The lowest BCUT2D eigenvalue weighted by atomic mass is 9.42. The van der Waals surface area contributed by atoms with Crippen LogP contribution in [0.4, 0.5) is 0 Å². The van der Waals surface area contributed by atoms with Crippen LogP contribution < -0.4 is 10.1 Å². The van der Waals surface area contributed by atoms with E-state index >= 15 is 0 Å². The quantitative estimate of drug-likeness (QED) is 0.811. The maximum absolute atomic E-state index is 13.5. The van der Waals surface area contributed by atoms with E-state index in [4.69, 9.17) is 4.74 Å². The first-order valence-corrected chi connectivity index (χ1v) is 10.6. The molecule has 4 fully saturated rings. The minimum absolute atomic E-state index is 0.182. The molecule has 4 aliphatic carbocycles. The van der Waals surface area contributed by atoms with Gasteiger partial charge in [0.05, 0.1) is 12.5 Å². The lowest BCUT2D eigenvalue weighted by Crippen LogP contribution is -2.59. The zero-order chi connectivity index (χ0) is 19.2. The highest BCUT2D eigenvalue weighted by Crippen LogP contribution is 2.65. The van der Waals surface area contributed by atoms with E-state index in [0.29, 0.717) is 18.4 Å². The highest BCUT2D eigenvalue weighted by Gasteiger charge is 2.60. The van der Waals surface area contributed by atoms with Crippen molar-refractivity contribution in [3.63, 3.8) is 0 Å². The Morgan fingerprint density at radius 1 is 1.04 bits per heavy atom. The number of ether oxygens (including phenoxy) is 1. The summed E-state index contributed by atoms with van der Waals surface area (Å²) in [5.74, 6) is 2.50. The van der Waals surface area contributed by atoms with Gasteiger partial charge in [0.1, 0.15) is 5.75 Å². The molecule has 0 aromatic heterocycles. The van der Waals surface area contributed by atoms with E-state index in [1.165, 1.54) is 24.8 Å². The molecule has 4 bridgehead atoms. The van der Waals surface area contributed by atoms with Crippen LogP contribution in [0, 0.1) is 17.3 Å². The van der Waals surface area contributed by atoms with Crippen LogP contribution in [0.5, 0.6) is 5.75 Å². The normalized spacial score (nSPS) is 32.9. The van der Waals surface area contributed by atoms with Crippen molar-refractivity contribution in [2.24, 2.45) is 17.3 Å². The second-order valence-corrected chi connectivity index (χ2v) is 9.42. The fourth-order valence-electron chi connectivity index (χ4n) is 6.81. The molecular weight excluding hydrogens is 346 g/mol. The van der Waals surface area contributed by atoms with Crippen molar-refractivity contribution < 1.29 is 9.53 Å².